The van der Waals surface area contributed by atoms with Crippen molar-refractivity contribution in [2.45, 2.75) is 18.9 Å². The molecule has 0 fully saturated rings. The number of carbonyl (C=O) groups is 2. The van der Waals surface area contributed by atoms with E-state index < -0.39 is 5.97 Å². The number of para-hydroxylation sites is 1. The number of hydrogen-bond donors (Lipinski definition) is 0. The van der Waals surface area contributed by atoms with Crippen LogP contribution >= 0.6 is 11.3 Å². The van der Waals surface area contributed by atoms with Crippen LogP contribution in [0.4, 0.5) is 11.5 Å². The quantitative estimate of drug-likeness (QED) is 0.531. The van der Waals surface area contributed by atoms with E-state index in [1.54, 1.807) is 32.4 Å². The van der Waals surface area contributed by atoms with Crippen molar-refractivity contribution in [1.82, 2.24) is 4.57 Å². The van der Waals surface area contributed by atoms with Gasteiger partial charge in [0.25, 0.3) is 0 Å². The lowest BCUT2D eigenvalue weighted by Gasteiger charge is -2.32. The third-order valence-electron chi connectivity index (χ3n) is 5.39. The summed E-state index contributed by atoms with van der Waals surface area (Å²) >= 11 is 1.03. The van der Waals surface area contributed by atoms with Crippen LogP contribution < -0.4 is 19.2 Å². The largest absolute Gasteiger partial charge is 0.493 e. The van der Waals surface area contributed by atoms with Crippen molar-refractivity contribution in [3.8, 4) is 11.5 Å². The third-order valence-corrected chi connectivity index (χ3v) is 6.47. The molecular formula is C23H22N2O6S. The van der Waals surface area contributed by atoms with Crippen LogP contribution in [0.5, 0.6) is 11.5 Å². The molecule has 4 rings (SSSR count). The number of ether oxygens (including phenoxy) is 3. The van der Waals surface area contributed by atoms with Crippen LogP contribution in [0.2, 0.25) is 0 Å². The second kappa shape index (κ2) is 8.88. The predicted molar refractivity (Wildman–Crippen MR) is 120 cm³/mol. The maximum Gasteiger partial charge on any atom is 0.325 e. The first kappa shape index (κ1) is 21.6. The second-order valence-electron chi connectivity index (χ2n) is 7.15. The van der Waals surface area contributed by atoms with Gasteiger partial charge in [0.15, 0.2) is 11.5 Å². The van der Waals surface area contributed by atoms with Gasteiger partial charge < -0.3 is 14.2 Å². The Morgan fingerprint density at radius 1 is 1.03 bits per heavy atom. The van der Waals surface area contributed by atoms with Crippen molar-refractivity contribution < 1.29 is 23.8 Å². The van der Waals surface area contributed by atoms with E-state index in [2.05, 4.69) is 0 Å². The normalized spacial score (nSPS) is 15.3. The Bertz CT molecular complexity index is 1220. The molecule has 9 heteroatoms. The topological polar surface area (TPSA) is 87.1 Å². The third kappa shape index (κ3) is 3.75. The number of methoxy groups -OCH3 is 3. The van der Waals surface area contributed by atoms with E-state index in [-0.39, 0.29) is 29.7 Å². The molecule has 0 saturated carbocycles. The molecule has 2 aromatic carbocycles. The van der Waals surface area contributed by atoms with Crippen molar-refractivity contribution in [3.63, 3.8) is 0 Å². The number of thiazole rings is 1. The van der Waals surface area contributed by atoms with Gasteiger partial charge in [0.2, 0.25) is 5.91 Å². The molecule has 0 N–H and O–H groups in total. The number of fused-ring (bicyclic) bond motifs is 1. The minimum Gasteiger partial charge on any atom is -0.493 e. The van der Waals surface area contributed by atoms with Crippen LogP contribution in [0, 0.1) is 0 Å². The summed E-state index contributed by atoms with van der Waals surface area (Å²) in [6, 6.07) is 14.5. The van der Waals surface area contributed by atoms with Gasteiger partial charge in [0.05, 0.1) is 31.9 Å². The summed E-state index contributed by atoms with van der Waals surface area (Å²) in [5, 5.41) is 0. The summed E-state index contributed by atoms with van der Waals surface area (Å²) in [5.74, 6) is 0.384. The Morgan fingerprint density at radius 2 is 1.75 bits per heavy atom. The molecule has 1 aliphatic heterocycles. The van der Waals surface area contributed by atoms with Crippen LogP contribution in [0.15, 0.2) is 53.3 Å². The first-order valence-corrected chi connectivity index (χ1v) is 10.7. The van der Waals surface area contributed by atoms with E-state index in [0.29, 0.717) is 27.9 Å². The first-order chi connectivity index (χ1) is 15.5. The molecule has 1 aromatic heterocycles. The Morgan fingerprint density at radius 3 is 2.41 bits per heavy atom. The zero-order chi connectivity index (χ0) is 22.8. The van der Waals surface area contributed by atoms with Gasteiger partial charge in [-0.05, 0) is 29.8 Å². The van der Waals surface area contributed by atoms with Crippen LogP contribution in [-0.2, 0) is 20.9 Å². The predicted octanol–water partition coefficient (Wildman–Crippen LogP) is 3.30. The van der Waals surface area contributed by atoms with Crippen molar-refractivity contribution >= 4 is 34.7 Å². The van der Waals surface area contributed by atoms with Gasteiger partial charge in [0.1, 0.15) is 12.4 Å². The Kier molecular flexibility index (Phi) is 6.00. The standard InChI is InChI=1S/C23H22N2O6S/c1-29-17-10-9-14(11-18(17)30-2)16-12-19(26)25(15-7-5-4-6-8-15)22-21(16)32-23(28)24(22)13-20(27)31-3/h4-11,16H,12-13H2,1-3H3. The fourth-order valence-corrected chi connectivity index (χ4v) is 4.97. The average molecular weight is 455 g/mol. The van der Waals surface area contributed by atoms with E-state index in [1.165, 1.54) is 16.6 Å². The van der Waals surface area contributed by atoms with Gasteiger partial charge in [-0.25, -0.2) is 0 Å². The molecule has 1 amide bonds. The lowest BCUT2D eigenvalue weighted by Crippen LogP contribution is -2.36. The van der Waals surface area contributed by atoms with Crippen LogP contribution in [0.25, 0.3) is 0 Å². The molecule has 0 aliphatic carbocycles. The van der Waals surface area contributed by atoms with Crippen molar-refractivity contribution in [1.29, 1.82) is 0 Å². The summed E-state index contributed by atoms with van der Waals surface area (Å²) < 4.78 is 16.8. The molecule has 8 nitrogen and oxygen atoms in total. The number of anilines is 2. The number of aromatic nitrogens is 1. The van der Waals surface area contributed by atoms with E-state index in [4.69, 9.17) is 14.2 Å². The zero-order valence-electron chi connectivity index (χ0n) is 17.9. The number of amides is 1. The summed E-state index contributed by atoms with van der Waals surface area (Å²) in [4.78, 5) is 40.2. The average Bonchev–Trinajstić information content (AvgIpc) is 3.14. The van der Waals surface area contributed by atoms with Gasteiger partial charge in [-0.15, -0.1) is 0 Å². The Hall–Kier alpha value is -3.59. The van der Waals surface area contributed by atoms with Crippen LogP contribution in [0.3, 0.4) is 0 Å². The number of benzene rings is 2. The summed E-state index contributed by atoms with van der Waals surface area (Å²) in [7, 11) is 4.36. The van der Waals surface area contributed by atoms with E-state index in [1.807, 2.05) is 30.3 Å². The highest BCUT2D eigenvalue weighted by Crippen LogP contribution is 2.46. The highest BCUT2D eigenvalue weighted by molar-refractivity contribution is 7.10. The van der Waals surface area contributed by atoms with Crippen LogP contribution in [-0.4, -0.2) is 37.8 Å². The molecule has 0 radical (unpaired) electrons. The van der Waals surface area contributed by atoms with Gasteiger partial charge in [-0.2, -0.15) is 0 Å². The lowest BCUT2D eigenvalue weighted by atomic mass is 9.90. The fourth-order valence-electron chi connectivity index (χ4n) is 3.86. The summed E-state index contributed by atoms with van der Waals surface area (Å²) in [6.07, 6.45) is 0.162. The van der Waals surface area contributed by atoms with Crippen LogP contribution in [0.1, 0.15) is 22.8 Å². The molecular weight excluding hydrogens is 432 g/mol. The van der Waals surface area contributed by atoms with Gasteiger partial charge in [-0.3, -0.25) is 23.9 Å². The molecule has 1 unspecified atom stereocenters. The number of nitrogens with zero attached hydrogens (tertiary/aromatic N) is 2. The van der Waals surface area contributed by atoms with Gasteiger partial charge in [0, 0.05) is 12.3 Å². The summed E-state index contributed by atoms with van der Waals surface area (Å²) in [5.41, 5.74) is 1.44. The molecule has 1 atom stereocenters. The maximum absolute atomic E-state index is 13.4. The molecule has 2 heterocycles. The number of carbonyl (C=O) groups excluding carboxylic acids is 2. The minimum absolute atomic E-state index is 0.162. The molecule has 0 bridgehead atoms. The smallest absolute Gasteiger partial charge is 0.325 e. The first-order valence-electron chi connectivity index (χ1n) is 9.88. The van der Waals surface area contributed by atoms with Crippen molar-refractivity contribution in [2.24, 2.45) is 0 Å². The van der Waals surface area contributed by atoms with E-state index in [9.17, 15) is 14.4 Å². The number of hydrogen-bond acceptors (Lipinski definition) is 7. The molecule has 32 heavy (non-hydrogen) atoms. The molecule has 3 aromatic rings. The number of esters is 1. The van der Waals surface area contributed by atoms with Gasteiger partial charge >= 0.3 is 10.8 Å². The Balaban J connectivity index is 1.90. The van der Waals surface area contributed by atoms with E-state index in [0.717, 1.165) is 16.9 Å². The zero-order valence-corrected chi connectivity index (χ0v) is 18.7. The SMILES string of the molecule is COC(=O)Cn1c2c(sc1=O)C(c1ccc(OC)c(OC)c1)CC(=O)N2c1ccccc1. The lowest BCUT2D eigenvalue weighted by molar-refractivity contribution is -0.141. The Labute approximate surface area is 188 Å². The molecule has 166 valence electrons. The molecule has 0 spiro atoms. The molecule has 1 aliphatic rings. The maximum atomic E-state index is 13.4. The highest BCUT2D eigenvalue weighted by atomic mass is 32.1. The number of rotatable bonds is 6. The van der Waals surface area contributed by atoms with Crippen molar-refractivity contribution in [2.75, 3.05) is 26.2 Å². The summed E-state index contributed by atoms with van der Waals surface area (Å²) in [6.45, 7) is -0.281. The highest BCUT2D eigenvalue weighted by Gasteiger charge is 2.38. The second-order valence-corrected chi connectivity index (χ2v) is 8.15. The van der Waals surface area contributed by atoms with E-state index >= 15 is 0 Å². The van der Waals surface area contributed by atoms with Gasteiger partial charge in [-0.1, -0.05) is 35.6 Å². The molecule has 0 saturated heterocycles. The van der Waals surface area contributed by atoms with Crippen molar-refractivity contribution in [3.05, 3.63) is 68.6 Å². The monoisotopic (exact) mass is 454 g/mol. The fraction of sp³-hybridized carbons (Fsp3) is 0.261. The minimum atomic E-state index is -0.568.